The minimum absolute atomic E-state index is 0.0685. The molecule has 6 heteroatoms. The zero-order valence-corrected chi connectivity index (χ0v) is 19.9. The second-order valence-corrected chi connectivity index (χ2v) is 8.12. The van der Waals surface area contributed by atoms with Gasteiger partial charge in [0.25, 0.3) is 5.91 Å². The number of nitrogens with one attached hydrogen (secondary N) is 1. The first-order valence-corrected chi connectivity index (χ1v) is 11.3. The highest BCUT2D eigenvalue weighted by Gasteiger charge is 2.13. The zero-order valence-electron chi connectivity index (χ0n) is 19.9. The van der Waals surface area contributed by atoms with Crippen LogP contribution in [0.25, 0.3) is 0 Å². The number of amides is 1. The number of carbonyl (C=O) groups is 1. The fourth-order valence-corrected chi connectivity index (χ4v) is 3.51. The van der Waals surface area contributed by atoms with Gasteiger partial charge >= 0.3 is 0 Å². The molecule has 0 spiro atoms. The van der Waals surface area contributed by atoms with Gasteiger partial charge < -0.3 is 19.5 Å². The third kappa shape index (κ3) is 7.32. The number of aryl methyl sites for hydroxylation is 1. The van der Waals surface area contributed by atoms with E-state index in [0.717, 1.165) is 11.4 Å². The van der Waals surface area contributed by atoms with Gasteiger partial charge in [0.15, 0.2) is 0 Å². The number of pyridine rings is 1. The number of hydrogen-bond donors (Lipinski definition) is 1. The number of rotatable bonds is 10. The van der Waals surface area contributed by atoms with Crippen LogP contribution < -0.4 is 14.8 Å². The molecule has 0 bridgehead atoms. The molecule has 3 aromatic rings. The molecule has 0 aliphatic rings. The third-order valence-corrected chi connectivity index (χ3v) is 4.85. The molecule has 33 heavy (non-hydrogen) atoms. The average Bonchev–Trinajstić information content (AvgIpc) is 2.75. The standard InChI is InChI=1S/C27H32N2O4/c1-6-31-24-8-7-9-25(17-24)33-23-13-10-21(11-14-23)29-27(30)26-15-12-22(28-20(26)5)16-19(4)32-18(2)3/h7-15,17-19H,6,16H2,1-5H3,(H,29,30). The van der Waals surface area contributed by atoms with Crippen molar-refractivity contribution in [3.63, 3.8) is 0 Å². The predicted octanol–water partition coefficient (Wildman–Crippen LogP) is 6.19. The molecule has 0 aliphatic heterocycles. The monoisotopic (exact) mass is 448 g/mol. The molecule has 6 nitrogen and oxygen atoms in total. The molecule has 174 valence electrons. The first kappa shape index (κ1) is 24.3. The van der Waals surface area contributed by atoms with Crippen molar-refractivity contribution in [3.8, 4) is 17.2 Å². The van der Waals surface area contributed by atoms with E-state index in [0.29, 0.717) is 41.5 Å². The van der Waals surface area contributed by atoms with Gasteiger partial charge in [-0.15, -0.1) is 0 Å². The molecular formula is C27H32N2O4. The van der Waals surface area contributed by atoms with Gasteiger partial charge in [0.2, 0.25) is 0 Å². The van der Waals surface area contributed by atoms with E-state index in [-0.39, 0.29) is 18.1 Å². The lowest BCUT2D eigenvalue weighted by molar-refractivity contribution is 0.0190. The maximum atomic E-state index is 12.8. The van der Waals surface area contributed by atoms with Gasteiger partial charge in [-0.1, -0.05) is 6.07 Å². The molecule has 1 amide bonds. The second kappa shape index (κ2) is 11.5. The highest BCUT2D eigenvalue weighted by molar-refractivity contribution is 6.05. The number of ether oxygens (including phenoxy) is 3. The highest BCUT2D eigenvalue weighted by atomic mass is 16.5. The van der Waals surface area contributed by atoms with Crippen molar-refractivity contribution in [2.24, 2.45) is 0 Å². The summed E-state index contributed by atoms with van der Waals surface area (Å²) in [6.45, 7) is 10.4. The maximum Gasteiger partial charge on any atom is 0.257 e. The minimum atomic E-state index is -0.198. The fourth-order valence-electron chi connectivity index (χ4n) is 3.51. The van der Waals surface area contributed by atoms with Crippen molar-refractivity contribution in [2.75, 3.05) is 11.9 Å². The Morgan fingerprint density at radius 2 is 1.70 bits per heavy atom. The quantitative estimate of drug-likeness (QED) is 0.400. The summed E-state index contributed by atoms with van der Waals surface area (Å²) in [6.07, 6.45) is 0.942. The lowest BCUT2D eigenvalue weighted by Crippen LogP contribution is -2.18. The highest BCUT2D eigenvalue weighted by Crippen LogP contribution is 2.26. The summed E-state index contributed by atoms with van der Waals surface area (Å²) in [5.74, 6) is 1.92. The molecule has 0 fully saturated rings. The van der Waals surface area contributed by atoms with Crippen molar-refractivity contribution in [2.45, 2.75) is 53.2 Å². The predicted molar refractivity (Wildman–Crippen MR) is 130 cm³/mol. The SMILES string of the molecule is CCOc1cccc(Oc2ccc(NC(=O)c3ccc(CC(C)OC(C)C)nc3C)cc2)c1. The van der Waals surface area contributed by atoms with Crippen LogP contribution in [0.3, 0.4) is 0 Å². The second-order valence-electron chi connectivity index (χ2n) is 8.12. The molecule has 0 saturated carbocycles. The largest absolute Gasteiger partial charge is 0.494 e. The maximum absolute atomic E-state index is 12.8. The van der Waals surface area contributed by atoms with Crippen molar-refractivity contribution in [1.82, 2.24) is 4.98 Å². The van der Waals surface area contributed by atoms with Crippen LogP contribution >= 0.6 is 0 Å². The van der Waals surface area contributed by atoms with Gasteiger partial charge in [0.1, 0.15) is 17.2 Å². The molecule has 0 saturated heterocycles. The Kier molecular flexibility index (Phi) is 8.44. The van der Waals surface area contributed by atoms with Gasteiger partial charge in [-0.2, -0.15) is 0 Å². The summed E-state index contributed by atoms with van der Waals surface area (Å²) >= 11 is 0. The van der Waals surface area contributed by atoms with Crippen LogP contribution in [0.2, 0.25) is 0 Å². The first-order chi connectivity index (χ1) is 15.8. The number of aromatic nitrogens is 1. The van der Waals surface area contributed by atoms with Crippen molar-refractivity contribution in [1.29, 1.82) is 0 Å². The van der Waals surface area contributed by atoms with Crippen LogP contribution in [0, 0.1) is 6.92 Å². The van der Waals surface area contributed by atoms with E-state index in [1.54, 1.807) is 0 Å². The van der Waals surface area contributed by atoms with E-state index in [4.69, 9.17) is 14.2 Å². The Morgan fingerprint density at radius 3 is 2.36 bits per heavy atom. The van der Waals surface area contributed by atoms with Gasteiger partial charge in [-0.25, -0.2) is 0 Å². The molecule has 1 aromatic heterocycles. The number of anilines is 1. The Morgan fingerprint density at radius 1 is 0.970 bits per heavy atom. The molecule has 1 heterocycles. The van der Waals surface area contributed by atoms with Gasteiger partial charge in [-0.3, -0.25) is 9.78 Å². The first-order valence-electron chi connectivity index (χ1n) is 11.3. The fraction of sp³-hybridized carbons (Fsp3) is 0.333. The Hall–Kier alpha value is -3.38. The molecule has 1 unspecified atom stereocenters. The molecule has 1 atom stereocenters. The van der Waals surface area contributed by atoms with Crippen LogP contribution in [0.5, 0.6) is 17.2 Å². The number of nitrogens with zero attached hydrogens (tertiary/aromatic N) is 1. The van der Waals surface area contributed by atoms with Crippen LogP contribution in [-0.2, 0) is 11.2 Å². The summed E-state index contributed by atoms with van der Waals surface area (Å²) in [5.41, 5.74) is 2.82. The van der Waals surface area contributed by atoms with E-state index in [2.05, 4.69) is 10.3 Å². The minimum Gasteiger partial charge on any atom is -0.494 e. The number of hydrogen-bond acceptors (Lipinski definition) is 5. The summed E-state index contributed by atoms with van der Waals surface area (Å²) in [4.78, 5) is 17.4. The van der Waals surface area contributed by atoms with E-state index in [1.807, 2.05) is 95.3 Å². The molecule has 3 rings (SSSR count). The smallest absolute Gasteiger partial charge is 0.257 e. The van der Waals surface area contributed by atoms with Crippen molar-refractivity contribution >= 4 is 11.6 Å². The van der Waals surface area contributed by atoms with Gasteiger partial charge in [0.05, 0.1) is 30.1 Å². The zero-order chi connectivity index (χ0) is 23.8. The summed E-state index contributed by atoms with van der Waals surface area (Å²) in [6, 6.07) is 18.4. The van der Waals surface area contributed by atoms with Gasteiger partial charge in [-0.05, 0) is 83.1 Å². The van der Waals surface area contributed by atoms with Crippen LogP contribution in [-0.4, -0.2) is 29.7 Å². The Bertz CT molecular complexity index is 1060. The van der Waals surface area contributed by atoms with E-state index >= 15 is 0 Å². The Labute approximate surface area is 195 Å². The third-order valence-electron chi connectivity index (χ3n) is 4.85. The van der Waals surface area contributed by atoms with Crippen LogP contribution in [0.1, 0.15) is 49.4 Å². The summed E-state index contributed by atoms with van der Waals surface area (Å²) in [5, 5.41) is 2.92. The molecule has 0 aliphatic carbocycles. The van der Waals surface area contributed by atoms with Gasteiger partial charge in [0, 0.05) is 23.9 Å². The number of carbonyl (C=O) groups excluding carboxylic acids is 1. The summed E-state index contributed by atoms with van der Waals surface area (Å²) < 4.78 is 17.2. The van der Waals surface area contributed by atoms with Crippen molar-refractivity contribution in [3.05, 3.63) is 77.6 Å². The number of benzene rings is 2. The molecular weight excluding hydrogens is 416 g/mol. The lowest BCUT2D eigenvalue weighted by Gasteiger charge is -2.16. The van der Waals surface area contributed by atoms with Crippen LogP contribution in [0.4, 0.5) is 5.69 Å². The van der Waals surface area contributed by atoms with Crippen LogP contribution in [0.15, 0.2) is 60.7 Å². The average molecular weight is 449 g/mol. The molecule has 1 N–H and O–H groups in total. The van der Waals surface area contributed by atoms with Crippen molar-refractivity contribution < 1.29 is 19.0 Å². The molecule has 0 radical (unpaired) electrons. The van der Waals surface area contributed by atoms with E-state index in [1.165, 1.54) is 0 Å². The normalized spacial score (nSPS) is 11.8. The Balaban J connectivity index is 1.60. The van der Waals surface area contributed by atoms with E-state index in [9.17, 15) is 4.79 Å². The lowest BCUT2D eigenvalue weighted by atomic mass is 10.1. The topological polar surface area (TPSA) is 69.7 Å². The van der Waals surface area contributed by atoms with E-state index < -0.39 is 0 Å². The molecule has 2 aromatic carbocycles. The summed E-state index contributed by atoms with van der Waals surface area (Å²) in [7, 11) is 0.